The Morgan fingerprint density at radius 3 is 2.67 bits per heavy atom. The highest BCUT2D eigenvalue weighted by atomic mass is 16.1. The predicted molar refractivity (Wildman–Crippen MR) is 99.3 cm³/mol. The van der Waals surface area contributed by atoms with Crippen LogP contribution in [-0.4, -0.2) is 10.4 Å². The topological polar surface area (TPSA) is 22.0 Å². The maximum absolute atomic E-state index is 12.7. The highest BCUT2D eigenvalue weighted by Crippen LogP contribution is 2.32. The zero-order valence-electron chi connectivity index (χ0n) is 13.8. The van der Waals surface area contributed by atoms with Crippen molar-refractivity contribution in [2.75, 3.05) is 0 Å². The Labute approximate surface area is 141 Å². The molecule has 0 amide bonds. The highest BCUT2D eigenvalue weighted by molar-refractivity contribution is 6.16. The fraction of sp³-hybridized carbons (Fsp3) is 0.136. The number of para-hydroxylation sites is 1. The van der Waals surface area contributed by atoms with Crippen LogP contribution in [0.25, 0.3) is 17.0 Å². The third-order valence-corrected chi connectivity index (χ3v) is 4.84. The lowest BCUT2D eigenvalue weighted by Gasteiger charge is -2.04. The molecule has 1 heterocycles. The smallest absolute Gasteiger partial charge is 0.189 e. The number of benzene rings is 2. The molecule has 0 spiro atoms. The Morgan fingerprint density at radius 2 is 1.88 bits per heavy atom. The summed E-state index contributed by atoms with van der Waals surface area (Å²) in [6.45, 7) is 6.75. The summed E-state index contributed by atoms with van der Waals surface area (Å²) in [5, 5.41) is 1.19. The number of carbonyl (C=O) groups is 1. The molecule has 24 heavy (non-hydrogen) atoms. The number of carbonyl (C=O) groups excluding carboxylic acids is 1. The van der Waals surface area contributed by atoms with Crippen LogP contribution in [0.1, 0.15) is 27.2 Å². The van der Waals surface area contributed by atoms with Crippen molar-refractivity contribution in [3.63, 3.8) is 0 Å². The van der Waals surface area contributed by atoms with Gasteiger partial charge in [0.25, 0.3) is 0 Å². The number of hydrogen-bond donors (Lipinski definition) is 0. The van der Waals surface area contributed by atoms with Gasteiger partial charge in [-0.2, -0.15) is 0 Å². The number of rotatable bonds is 3. The average molecular weight is 313 g/mol. The van der Waals surface area contributed by atoms with E-state index in [9.17, 15) is 4.79 Å². The van der Waals surface area contributed by atoms with Gasteiger partial charge in [-0.1, -0.05) is 48.5 Å². The van der Waals surface area contributed by atoms with E-state index in [1.165, 1.54) is 16.6 Å². The van der Waals surface area contributed by atoms with Crippen molar-refractivity contribution < 1.29 is 4.79 Å². The van der Waals surface area contributed by atoms with Crippen LogP contribution in [0.4, 0.5) is 0 Å². The molecule has 0 saturated carbocycles. The first-order valence-electron chi connectivity index (χ1n) is 8.22. The Hall–Kier alpha value is -2.87. The molecule has 0 radical (unpaired) electrons. The Balaban J connectivity index is 1.88. The molecule has 2 heteroatoms. The van der Waals surface area contributed by atoms with Crippen LogP contribution in [0.15, 0.2) is 66.8 Å². The molecule has 1 aliphatic rings. The van der Waals surface area contributed by atoms with Gasteiger partial charge in [-0.05, 0) is 24.6 Å². The van der Waals surface area contributed by atoms with Gasteiger partial charge in [0.05, 0.1) is 0 Å². The molecule has 118 valence electrons. The average Bonchev–Trinajstić information content (AvgIpc) is 3.06. The van der Waals surface area contributed by atoms with Gasteiger partial charge in [0.15, 0.2) is 5.78 Å². The summed E-state index contributed by atoms with van der Waals surface area (Å²) in [5.74, 6) is 0.158. The quantitative estimate of drug-likeness (QED) is 0.495. The molecule has 0 atom stereocenters. The second-order valence-electron chi connectivity index (χ2n) is 6.25. The van der Waals surface area contributed by atoms with Crippen LogP contribution < -0.4 is 0 Å². The normalized spacial score (nSPS) is 15.2. The fourth-order valence-corrected chi connectivity index (χ4v) is 3.65. The largest absolute Gasteiger partial charge is 0.340 e. The number of nitrogens with zero attached hydrogens (tertiary/aromatic N) is 1. The first-order valence-corrected chi connectivity index (χ1v) is 8.22. The molecule has 0 unspecified atom stereocenters. The number of fused-ring (bicyclic) bond motifs is 2. The van der Waals surface area contributed by atoms with Crippen LogP contribution in [0.5, 0.6) is 0 Å². The van der Waals surface area contributed by atoms with Crippen LogP contribution in [0.3, 0.4) is 0 Å². The SMILES string of the molecule is C=CCn1c(C)c(/C=C2\Cc3ccccc3C2=O)c2ccccc21. The molecule has 4 rings (SSSR count). The number of aromatic nitrogens is 1. The molecule has 0 saturated heterocycles. The first-order chi connectivity index (χ1) is 11.7. The maximum Gasteiger partial charge on any atom is 0.189 e. The van der Waals surface area contributed by atoms with Gasteiger partial charge in [-0.15, -0.1) is 6.58 Å². The van der Waals surface area contributed by atoms with Crippen molar-refractivity contribution in [2.45, 2.75) is 19.9 Å². The van der Waals surface area contributed by atoms with Crippen molar-refractivity contribution in [1.82, 2.24) is 4.57 Å². The summed E-state index contributed by atoms with van der Waals surface area (Å²) in [6, 6.07) is 16.2. The second kappa shape index (κ2) is 5.64. The second-order valence-corrected chi connectivity index (χ2v) is 6.25. The van der Waals surface area contributed by atoms with E-state index in [-0.39, 0.29) is 5.78 Å². The van der Waals surface area contributed by atoms with Gasteiger partial charge >= 0.3 is 0 Å². The van der Waals surface area contributed by atoms with E-state index in [0.29, 0.717) is 0 Å². The van der Waals surface area contributed by atoms with Gasteiger partial charge in [0, 0.05) is 46.3 Å². The standard InChI is InChI=1S/C22H19NO/c1-3-12-23-15(2)20(19-10-6-7-11-21(19)23)14-17-13-16-8-4-5-9-18(16)22(17)24/h3-11,14H,1,12-13H2,2H3/b17-14+. The first kappa shape index (κ1) is 14.7. The predicted octanol–water partition coefficient (Wildman–Crippen LogP) is 4.96. The van der Waals surface area contributed by atoms with Crippen molar-refractivity contribution in [2.24, 2.45) is 0 Å². The minimum atomic E-state index is 0.158. The van der Waals surface area contributed by atoms with Crippen molar-refractivity contribution in [3.05, 3.63) is 89.1 Å². The summed E-state index contributed by atoms with van der Waals surface area (Å²) >= 11 is 0. The summed E-state index contributed by atoms with van der Waals surface area (Å²) in [4.78, 5) is 12.7. The lowest BCUT2D eigenvalue weighted by atomic mass is 10.0. The summed E-state index contributed by atoms with van der Waals surface area (Å²) in [7, 11) is 0. The van der Waals surface area contributed by atoms with Crippen LogP contribution in [-0.2, 0) is 13.0 Å². The number of allylic oxidation sites excluding steroid dienone is 2. The van der Waals surface area contributed by atoms with E-state index in [4.69, 9.17) is 0 Å². The molecule has 0 fully saturated rings. The zero-order chi connectivity index (χ0) is 16.7. The summed E-state index contributed by atoms with van der Waals surface area (Å²) in [6.07, 6.45) is 4.71. The Kier molecular flexibility index (Phi) is 3.46. The van der Waals surface area contributed by atoms with E-state index in [2.05, 4.69) is 42.3 Å². The van der Waals surface area contributed by atoms with Crippen molar-refractivity contribution >= 4 is 22.8 Å². The lowest BCUT2D eigenvalue weighted by Crippen LogP contribution is -1.98. The number of Topliss-reactive ketones (excluding diaryl/α,β-unsaturated/α-hetero) is 1. The third kappa shape index (κ3) is 2.15. The highest BCUT2D eigenvalue weighted by Gasteiger charge is 2.25. The van der Waals surface area contributed by atoms with Crippen LogP contribution >= 0.6 is 0 Å². The van der Waals surface area contributed by atoms with Gasteiger partial charge in [0.1, 0.15) is 0 Å². The van der Waals surface area contributed by atoms with Gasteiger partial charge in [-0.3, -0.25) is 4.79 Å². The monoisotopic (exact) mass is 313 g/mol. The molecular weight excluding hydrogens is 294 g/mol. The molecule has 3 aromatic rings. The molecule has 1 aromatic heterocycles. The van der Waals surface area contributed by atoms with Gasteiger partial charge in [0.2, 0.25) is 0 Å². The molecule has 2 aromatic carbocycles. The molecule has 0 aliphatic heterocycles. The van der Waals surface area contributed by atoms with E-state index < -0.39 is 0 Å². The Morgan fingerprint density at radius 1 is 1.12 bits per heavy atom. The summed E-state index contributed by atoms with van der Waals surface area (Å²) < 4.78 is 2.25. The van der Waals surface area contributed by atoms with E-state index in [1.54, 1.807) is 0 Å². The molecule has 1 aliphatic carbocycles. The van der Waals surface area contributed by atoms with Gasteiger partial charge in [-0.25, -0.2) is 0 Å². The van der Waals surface area contributed by atoms with Crippen LogP contribution in [0.2, 0.25) is 0 Å². The third-order valence-electron chi connectivity index (χ3n) is 4.84. The Bertz CT molecular complexity index is 1000. The van der Waals surface area contributed by atoms with E-state index in [0.717, 1.165) is 35.2 Å². The zero-order valence-corrected chi connectivity index (χ0v) is 13.8. The minimum absolute atomic E-state index is 0.158. The number of ketones is 1. The summed E-state index contributed by atoms with van der Waals surface area (Å²) in [5.41, 5.74) is 6.35. The maximum atomic E-state index is 12.7. The van der Waals surface area contributed by atoms with Crippen molar-refractivity contribution in [1.29, 1.82) is 0 Å². The molecule has 2 nitrogen and oxygen atoms in total. The van der Waals surface area contributed by atoms with Crippen molar-refractivity contribution in [3.8, 4) is 0 Å². The minimum Gasteiger partial charge on any atom is -0.340 e. The molecular formula is C22H19NO. The van der Waals surface area contributed by atoms with E-state index >= 15 is 0 Å². The number of hydrogen-bond acceptors (Lipinski definition) is 1. The molecule has 0 N–H and O–H groups in total. The van der Waals surface area contributed by atoms with Crippen LogP contribution in [0, 0.1) is 6.92 Å². The fourth-order valence-electron chi connectivity index (χ4n) is 3.65. The van der Waals surface area contributed by atoms with E-state index in [1.807, 2.05) is 36.4 Å². The lowest BCUT2D eigenvalue weighted by molar-refractivity contribution is 0.104. The van der Waals surface area contributed by atoms with Gasteiger partial charge < -0.3 is 4.57 Å². The molecule has 0 bridgehead atoms.